The maximum Gasteiger partial charge on any atom is 0.0622 e. The van der Waals surface area contributed by atoms with E-state index in [9.17, 15) is 0 Å². The van der Waals surface area contributed by atoms with Crippen LogP contribution in [-0.2, 0) is 13.1 Å². The zero-order chi connectivity index (χ0) is 17.9. The molecule has 0 aliphatic heterocycles. The second-order valence-electron chi connectivity index (χ2n) is 6.96. The summed E-state index contributed by atoms with van der Waals surface area (Å²) < 4.78 is 0. The first-order valence-electron chi connectivity index (χ1n) is 9.11. The average molecular weight is 341 g/mol. The van der Waals surface area contributed by atoms with Gasteiger partial charge in [0, 0.05) is 42.3 Å². The van der Waals surface area contributed by atoms with E-state index in [0.29, 0.717) is 6.04 Å². The predicted molar refractivity (Wildman–Crippen MR) is 108 cm³/mol. The maximum atomic E-state index is 4.67. The molecule has 3 heteroatoms. The van der Waals surface area contributed by atoms with Gasteiger partial charge in [-0.25, -0.2) is 0 Å². The highest BCUT2D eigenvalue weighted by atomic mass is 15.2. The third kappa shape index (κ3) is 3.31. The highest BCUT2D eigenvalue weighted by Crippen LogP contribution is 2.22. The van der Waals surface area contributed by atoms with Gasteiger partial charge in [-0.3, -0.25) is 14.9 Å². The summed E-state index contributed by atoms with van der Waals surface area (Å²) in [5.41, 5.74) is 2.24. The zero-order valence-electron chi connectivity index (χ0n) is 15.3. The van der Waals surface area contributed by atoms with Crippen molar-refractivity contribution in [2.24, 2.45) is 0 Å². The topological polar surface area (TPSA) is 29.0 Å². The molecular weight excluding hydrogens is 318 g/mol. The molecule has 0 atom stereocenters. The van der Waals surface area contributed by atoms with Crippen molar-refractivity contribution in [3.63, 3.8) is 0 Å². The molecule has 0 aliphatic rings. The van der Waals surface area contributed by atoms with E-state index in [1.54, 1.807) is 0 Å². The maximum absolute atomic E-state index is 4.67. The van der Waals surface area contributed by atoms with E-state index in [4.69, 9.17) is 0 Å². The minimum absolute atomic E-state index is 0.400. The fraction of sp³-hybridized carbons (Fsp3) is 0.217. The molecule has 130 valence electrons. The van der Waals surface area contributed by atoms with Crippen molar-refractivity contribution in [3.05, 3.63) is 84.4 Å². The average Bonchev–Trinajstić information content (AvgIpc) is 2.68. The molecule has 2 heterocycles. The molecule has 0 saturated carbocycles. The molecule has 0 amide bonds. The van der Waals surface area contributed by atoms with Crippen LogP contribution in [0.15, 0.2) is 73.1 Å². The van der Waals surface area contributed by atoms with E-state index in [1.165, 1.54) is 21.5 Å². The van der Waals surface area contributed by atoms with Crippen LogP contribution in [0.2, 0.25) is 0 Å². The van der Waals surface area contributed by atoms with Gasteiger partial charge in [0.25, 0.3) is 0 Å². The molecular formula is C23H23N3. The number of fused-ring (bicyclic) bond motifs is 2. The largest absolute Gasteiger partial charge is 0.289 e. The highest BCUT2D eigenvalue weighted by molar-refractivity contribution is 5.85. The number of hydrogen-bond acceptors (Lipinski definition) is 3. The molecule has 4 aromatic rings. The van der Waals surface area contributed by atoms with Crippen molar-refractivity contribution >= 4 is 21.5 Å². The molecule has 0 saturated heterocycles. The molecule has 0 aliphatic carbocycles. The molecule has 0 N–H and O–H groups in total. The third-order valence-corrected chi connectivity index (χ3v) is 4.95. The normalized spacial score (nSPS) is 11.7. The Balaban J connectivity index is 1.68. The first-order valence-corrected chi connectivity index (χ1v) is 9.11. The Labute approximate surface area is 154 Å². The summed E-state index contributed by atoms with van der Waals surface area (Å²) in [6.45, 7) is 6.08. The Morgan fingerprint density at radius 3 is 1.62 bits per heavy atom. The Kier molecular flexibility index (Phi) is 4.63. The van der Waals surface area contributed by atoms with Gasteiger partial charge >= 0.3 is 0 Å². The minimum atomic E-state index is 0.400. The van der Waals surface area contributed by atoms with Crippen molar-refractivity contribution in [2.45, 2.75) is 33.0 Å². The molecule has 3 nitrogen and oxygen atoms in total. The number of aromatic nitrogens is 2. The molecule has 0 radical (unpaired) electrons. The van der Waals surface area contributed by atoms with E-state index < -0.39 is 0 Å². The van der Waals surface area contributed by atoms with Gasteiger partial charge in [-0.2, -0.15) is 0 Å². The molecule has 0 bridgehead atoms. The number of pyridine rings is 2. The number of nitrogens with zero attached hydrogens (tertiary/aromatic N) is 3. The zero-order valence-corrected chi connectivity index (χ0v) is 15.3. The Morgan fingerprint density at radius 1 is 0.692 bits per heavy atom. The summed E-state index contributed by atoms with van der Waals surface area (Å²) in [6, 6.07) is 21.5. The molecule has 2 aromatic heterocycles. The summed E-state index contributed by atoms with van der Waals surface area (Å²) >= 11 is 0. The fourth-order valence-electron chi connectivity index (χ4n) is 3.42. The highest BCUT2D eigenvalue weighted by Gasteiger charge is 2.15. The predicted octanol–water partition coefficient (Wildman–Crippen LogP) is 5.19. The van der Waals surface area contributed by atoms with Crippen LogP contribution in [0.3, 0.4) is 0 Å². The van der Waals surface area contributed by atoms with Crippen LogP contribution < -0.4 is 0 Å². The number of benzene rings is 2. The van der Waals surface area contributed by atoms with Crippen molar-refractivity contribution < 1.29 is 0 Å². The summed E-state index contributed by atoms with van der Waals surface area (Å²) in [7, 11) is 0. The van der Waals surface area contributed by atoms with Crippen LogP contribution in [-0.4, -0.2) is 20.9 Å². The Hall–Kier alpha value is -2.78. The summed E-state index contributed by atoms with van der Waals surface area (Å²) in [5.74, 6) is 0. The third-order valence-electron chi connectivity index (χ3n) is 4.95. The van der Waals surface area contributed by atoms with E-state index in [-0.39, 0.29) is 0 Å². The van der Waals surface area contributed by atoms with Crippen LogP contribution in [0, 0.1) is 0 Å². The Bertz CT molecular complexity index is 948. The van der Waals surface area contributed by atoms with Crippen molar-refractivity contribution in [1.29, 1.82) is 0 Å². The molecule has 0 unspecified atom stereocenters. The fourth-order valence-corrected chi connectivity index (χ4v) is 3.42. The van der Waals surface area contributed by atoms with Crippen LogP contribution in [0.5, 0.6) is 0 Å². The number of hydrogen-bond donors (Lipinski definition) is 0. The van der Waals surface area contributed by atoms with Gasteiger partial charge in [0.1, 0.15) is 0 Å². The molecule has 0 fully saturated rings. The van der Waals surface area contributed by atoms with E-state index in [2.05, 4.69) is 89.4 Å². The lowest BCUT2D eigenvalue weighted by molar-refractivity contribution is 0.200. The number of rotatable bonds is 5. The lowest BCUT2D eigenvalue weighted by Crippen LogP contribution is -2.30. The summed E-state index contributed by atoms with van der Waals surface area (Å²) in [6.07, 6.45) is 3.82. The van der Waals surface area contributed by atoms with Crippen LogP contribution >= 0.6 is 0 Å². The first kappa shape index (κ1) is 16.7. The standard InChI is InChI=1S/C23H23N3/c1-17(2)26(15-22-20-9-5-3-7-18(20)11-13-24-22)16-23-21-10-6-4-8-19(21)12-14-25-23/h3-14,17H,15-16H2,1-2H3. The van der Waals surface area contributed by atoms with Gasteiger partial charge < -0.3 is 0 Å². The first-order chi connectivity index (χ1) is 12.7. The second kappa shape index (κ2) is 7.22. The summed E-state index contributed by atoms with van der Waals surface area (Å²) in [5, 5.41) is 4.94. The van der Waals surface area contributed by atoms with E-state index in [0.717, 1.165) is 24.5 Å². The monoisotopic (exact) mass is 341 g/mol. The summed E-state index contributed by atoms with van der Waals surface area (Å²) in [4.78, 5) is 11.8. The molecule has 0 spiro atoms. The lowest BCUT2D eigenvalue weighted by Gasteiger charge is -2.26. The van der Waals surface area contributed by atoms with Crippen molar-refractivity contribution in [3.8, 4) is 0 Å². The van der Waals surface area contributed by atoms with Gasteiger partial charge in [0.2, 0.25) is 0 Å². The molecule has 2 aromatic carbocycles. The minimum Gasteiger partial charge on any atom is -0.289 e. The van der Waals surface area contributed by atoms with Gasteiger partial charge in [-0.1, -0.05) is 48.5 Å². The SMILES string of the molecule is CC(C)N(Cc1nccc2ccccc12)Cc1nccc2ccccc12. The van der Waals surface area contributed by atoms with Crippen molar-refractivity contribution in [2.75, 3.05) is 0 Å². The van der Waals surface area contributed by atoms with Gasteiger partial charge in [0.15, 0.2) is 0 Å². The molecule has 26 heavy (non-hydrogen) atoms. The van der Waals surface area contributed by atoms with Gasteiger partial charge in [-0.05, 0) is 36.8 Å². The smallest absolute Gasteiger partial charge is 0.0622 e. The quantitative estimate of drug-likeness (QED) is 0.500. The van der Waals surface area contributed by atoms with Crippen LogP contribution in [0.1, 0.15) is 25.2 Å². The van der Waals surface area contributed by atoms with Crippen LogP contribution in [0.4, 0.5) is 0 Å². The second-order valence-corrected chi connectivity index (χ2v) is 6.96. The van der Waals surface area contributed by atoms with Crippen LogP contribution in [0.25, 0.3) is 21.5 Å². The van der Waals surface area contributed by atoms with Gasteiger partial charge in [-0.15, -0.1) is 0 Å². The van der Waals surface area contributed by atoms with E-state index >= 15 is 0 Å². The molecule has 4 rings (SSSR count). The van der Waals surface area contributed by atoms with E-state index in [1.807, 2.05) is 12.4 Å². The van der Waals surface area contributed by atoms with Crippen molar-refractivity contribution in [1.82, 2.24) is 14.9 Å². The lowest BCUT2D eigenvalue weighted by atomic mass is 10.1. The van der Waals surface area contributed by atoms with Gasteiger partial charge in [0.05, 0.1) is 11.4 Å². The Morgan fingerprint density at radius 2 is 1.15 bits per heavy atom.